The zero-order valence-corrected chi connectivity index (χ0v) is 37.4. The van der Waals surface area contributed by atoms with Gasteiger partial charge in [0.25, 0.3) is 0 Å². The molecule has 0 saturated carbocycles. The number of carbonyl (C=O) groups excluding carboxylic acids is 2. The molecule has 16 heteroatoms. The third-order valence-electron chi connectivity index (χ3n) is 11.1. The second-order valence-corrected chi connectivity index (χ2v) is 15.9. The Balaban J connectivity index is 0.945. The Morgan fingerprint density at radius 3 is 1.19 bits per heavy atom. The lowest BCUT2D eigenvalue weighted by Gasteiger charge is -2.23. The van der Waals surface area contributed by atoms with Crippen LogP contribution in [0.1, 0.15) is 57.3 Å². The van der Waals surface area contributed by atoms with Gasteiger partial charge in [0, 0.05) is 62.2 Å². The summed E-state index contributed by atoms with van der Waals surface area (Å²) in [7, 11) is 0. The predicted molar refractivity (Wildman–Crippen MR) is 251 cm³/mol. The Labute approximate surface area is 389 Å². The quantitative estimate of drug-likeness (QED) is 0.0858. The molecule has 0 radical (unpaired) electrons. The zero-order valence-electron chi connectivity index (χ0n) is 37.4. The molecule has 8 aromatic rings. The fourth-order valence-corrected chi connectivity index (χ4v) is 7.84. The number of aromatic nitrogens is 4. The van der Waals surface area contributed by atoms with Gasteiger partial charge in [-0.1, -0.05) is 24.3 Å². The minimum atomic E-state index is -0.776. The van der Waals surface area contributed by atoms with Crippen LogP contribution in [0, 0.1) is 0 Å². The van der Waals surface area contributed by atoms with Crippen molar-refractivity contribution in [2.75, 3.05) is 39.5 Å². The summed E-state index contributed by atoms with van der Waals surface area (Å²) in [6.07, 6.45) is 0. The van der Waals surface area contributed by atoms with Gasteiger partial charge >= 0.3 is 23.2 Å². The number of carbonyl (C=O) groups is 2. The van der Waals surface area contributed by atoms with Crippen molar-refractivity contribution in [1.82, 2.24) is 29.7 Å². The topological polar surface area (TPSA) is 190 Å². The van der Waals surface area contributed by atoms with Crippen molar-refractivity contribution in [1.29, 1.82) is 0 Å². The first-order valence-electron chi connectivity index (χ1n) is 22.2. The third kappa shape index (κ3) is 10.8. The largest absolute Gasteiger partial charge is 0.492 e. The van der Waals surface area contributed by atoms with Crippen LogP contribution in [0.3, 0.4) is 0 Å². The van der Waals surface area contributed by atoms with E-state index in [-0.39, 0.29) is 24.3 Å². The lowest BCUT2D eigenvalue weighted by Crippen LogP contribution is -2.29. The molecule has 9 rings (SSSR count). The molecule has 0 saturated heterocycles. The second-order valence-electron chi connectivity index (χ2n) is 15.9. The average Bonchev–Trinajstić information content (AvgIpc) is 3.33. The lowest BCUT2D eigenvalue weighted by atomic mass is 10.2. The number of hydrogen-bond acceptors (Lipinski definition) is 16. The molecule has 1 aliphatic rings. The Bertz CT molecular complexity index is 2950. The van der Waals surface area contributed by atoms with Gasteiger partial charge in [-0.05, 0) is 98.8 Å². The van der Waals surface area contributed by atoms with Gasteiger partial charge < -0.3 is 27.8 Å². The number of ether oxygens (including phenoxy) is 4. The molecule has 344 valence electrons. The Hall–Kier alpha value is -8.08. The summed E-state index contributed by atoms with van der Waals surface area (Å²) in [6.45, 7) is 7.13. The van der Waals surface area contributed by atoms with Gasteiger partial charge in [-0.2, -0.15) is 0 Å². The van der Waals surface area contributed by atoms with E-state index in [0.29, 0.717) is 85.9 Å². The van der Waals surface area contributed by atoms with Crippen LogP contribution in [0.25, 0.3) is 44.7 Å². The van der Waals surface area contributed by atoms with E-state index in [1.807, 2.05) is 72.8 Å². The molecule has 1 aliphatic heterocycles. The summed E-state index contributed by atoms with van der Waals surface area (Å²) in [4.78, 5) is 74.4. The fourth-order valence-electron chi connectivity index (χ4n) is 7.84. The van der Waals surface area contributed by atoms with E-state index < -0.39 is 23.2 Å². The smallest absolute Gasteiger partial charge is 0.351 e. The van der Waals surface area contributed by atoms with Crippen LogP contribution in [0.5, 0.6) is 11.5 Å². The van der Waals surface area contributed by atoms with Crippen LogP contribution >= 0.6 is 0 Å². The first-order valence-corrected chi connectivity index (χ1v) is 22.2. The molecule has 7 heterocycles. The highest BCUT2D eigenvalue weighted by atomic mass is 16.5. The van der Waals surface area contributed by atoms with E-state index in [0.717, 1.165) is 45.6 Å². The maximum Gasteiger partial charge on any atom is 0.351 e. The van der Waals surface area contributed by atoms with Gasteiger partial charge in [0.2, 0.25) is 0 Å². The van der Waals surface area contributed by atoms with E-state index in [2.05, 4.69) is 9.80 Å². The van der Waals surface area contributed by atoms with Crippen LogP contribution in [-0.2, 0) is 35.7 Å². The van der Waals surface area contributed by atoms with Gasteiger partial charge in [0.15, 0.2) is 0 Å². The van der Waals surface area contributed by atoms with Crippen LogP contribution in [0.15, 0.2) is 140 Å². The molecule has 0 amide bonds. The Morgan fingerprint density at radius 2 is 0.853 bits per heavy atom. The second kappa shape index (κ2) is 20.6. The van der Waals surface area contributed by atoms with Crippen molar-refractivity contribution in [3.63, 3.8) is 0 Å². The maximum atomic E-state index is 12.6. The number of rotatable bonds is 12. The molecular formula is C52H46N6O10. The summed E-state index contributed by atoms with van der Waals surface area (Å²) in [5.41, 5.74) is 4.95. The van der Waals surface area contributed by atoms with Crippen molar-refractivity contribution in [3.05, 3.63) is 176 Å². The molecule has 6 aromatic heterocycles. The zero-order chi connectivity index (χ0) is 47.0. The normalized spacial score (nSPS) is 13.1. The predicted octanol–water partition coefficient (Wildman–Crippen LogP) is 7.64. The van der Waals surface area contributed by atoms with Gasteiger partial charge in [0.05, 0.1) is 58.8 Å². The van der Waals surface area contributed by atoms with Crippen molar-refractivity contribution in [3.8, 4) is 34.3 Å². The third-order valence-corrected chi connectivity index (χ3v) is 11.1. The molecule has 0 atom stereocenters. The summed E-state index contributed by atoms with van der Waals surface area (Å²) >= 11 is 0. The number of benzene rings is 2. The molecule has 0 unspecified atom stereocenters. The van der Waals surface area contributed by atoms with Gasteiger partial charge in [-0.3, -0.25) is 9.80 Å². The van der Waals surface area contributed by atoms with E-state index in [4.69, 9.17) is 47.7 Å². The number of fused-ring (bicyclic) bond motifs is 12. The van der Waals surface area contributed by atoms with Crippen LogP contribution in [0.2, 0.25) is 0 Å². The average molecular weight is 915 g/mol. The molecule has 0 spiro atoms. The number of pyridine rings is 4. The summed E-state index contributed by atoms with van der Waals surface area (Å²) in [6, 6.07) is 36.9. The molecule has 16 nitrogen and oxygen atoms in total. The highest BCUT2D eigenvalue weighted by molar-refractivity contribution is 5.94. The maximum absolute atomic E-state index is 12.6. The molecule has 68 heavy (non-hydrogen) atoms. The van der Waals surface area contributed by atoms with Gasteiger partial charge in [-0.15, -0.1) is 0 Å². The van der Waals surface area contributed by atoms with E-state index in [1.165, 1.54) is 12.1 Å². The standard InChI is InChI=1S/C52H46N6O10/c1-3-63-49(59)41-25-33-17-19-39(27-47(33)67-51(41)61)65-23-21-57-29-35-9-5-13-43(53-35)45-15-7-11-37(55-45)31-58(32-38-12-8-16-46(56-38)44-14-6-10-36(30-57)54-44)22-24-66-40-20-18-34-26-42(50(60)64-4-2)52(62)68-48(34)28-40/h5-20,25-28H,3-4,21-24,29-32H2,1-2H3. The monoisotopic (exact) mass is 914 g/mol. The molecule has 2 aromatic carbocycles. The molecule has 8 bridgehead atoms. The number of hydrogen-bond donors (Lipinski definition) is 0. The minimum absolute atomic E-state index is 0.143. The summed E-state index contributed by atoms with van der Waals surface area (Å²) in [5.74, 6) is -0.451. The van der Waals surface area contributed by atoms with Crippen LogP contribution in [0.4, 0.5) is 0 Å². The molecule has 0 N–H and O–H groups in total. The van der Waals surface area contributed by atoms with Crippen molar-refractivity contribution in [2.24, 2.45) is 0 Å². The molecular weight excluding hydrogens is 869 g/mol. The highest BCUT2D eigenvalue weighted by Gasteiger charge is 2.19. The lowest BCUT2D eigenvalue weighted by molar-refractivity contribution is 0.0512. The molecule has 0 aliphatic carbocycles. The summed E-state index contributed by atoms with van der Waals surface area (Å²) < 4.78 is 33.3. The fraction of sp³-hybridized carbons (Fsp3) is 0.231. The van der Waals surface area contributed by atoms with Crippen molar-refractivity contribution < 1.29 is 37.4 Å². The van der Waals surface area contributed by atoms with E-state index in [9.17, 15) is 19.2 Å². The molecule has 0 fully saturated rings. The van der Waals surface area contributed by atoms with Crippen molar-refractivity contribution >= 4 is 33.9 Å². The number of nitrogens with zero attached hydrogens (tertiary/aromatic N) is 6. The Kier molecular flexibility index (Phi) is 13.7. The minimum Gasteiger partial charge on any atom is -0.492 e. The summed E-state index contributed by atoms with van der Waals surface area (Å²) in [5, 5.41) is 1.14. The van der Waals surface area contributed by atoms with Crippen LogP contribution in [-0.4, -0.2) is 81.2 Å². The van der Waals surface area contributed by atoms with Gasteiger partial charge in [-0.25, -0.2) is 39.1 Å². The Morgan fingerprint density at radius 1 is 0.500 bits per heavy atom. The van der Waals surface area contributed by atoms with E-state index in [1.54, 1.807) is 50.2 Å². The van der Waals surface area contributed by atoms with E-state index >= 15 is 0 Å². The van der Waals surface area contributed by atoms with Crippen LogP contribution < -0.4 is 20.7 Å². The SMILES string of the molecule is CCOC(=O)c1cc2ccc(OCCN3Cc4cccc(n4)-c4cccc(n4)CN(CCOc4ccc5cc(C(=O)OCC)c(=O)oc5c4)Cc4cccc(n4)-c4cccc(n4)C3)cc2oc1=O. The highest BCUT2D eigenvalue weighted by Crippen LogP contribution is 2.25. The number of esters is 2. The van der Waals surface area contributed by atoms with Crippen molar-refractivity contribution in [2.45, 2.75) is 40.0 Å². The first kappa shape index (κ1) is 45.1. The first-order chi connectivity index (χ1) is 33.2. The van der Waals surface area contributed by atoms with Gasteiger partial charge in [0.1, 0.15) is 47.0 Å².